The minimum Gasteiger partial charge on any atom is -0.394 e. The molecule has 0 saturated heterocycles. The van der Waals surface area contributed by atoms with Crippen LogP contribution in [0.4, 0.5) is 0 Å². The van der Waals surface area contributed by atoms with E-state index in [4.69, 9.17) is 14.2 Å². The first kappa shape index (κ1) is 16.8. The van der Waals surface area contributed by atoms with Crippen LogP contribution in [0.15, 0.2) is 0 Å². The number of nitrogens with one attached hydrogen (secondary N) is 1. The van der Waals surface area contributed by atoms with Crippen molar-refractivity contribution in [3.63, 3.8) is 0 Å². The van der Waals surface area contributed by atoms with Gasteiger partial charge < -0.3 is 24.6 Å². The van der Waals surface area contributed by atoms with Crippen molar-refractivity contribution in [1.29, 1.82) is 0 Å². The summed E-state index contributed by atoms with van der Waals surface area (Å²) < 4.78 is 15.8. The molecule has 0 radical (unpaired) electrons. The lowest BCUT2D eigenvalue weighted by Crippen LogP contribution is -2.46. The summed E-state index contributed by atoms with van der Waals surface area (Å²) in [5.74, 6) is 0. The molecule has 0 aliphatic carbocycles. The standard InChI is InChI=1S/C12H27NO4/c1-11(9-12(2,10-14)13-3)17-8-7-16-6-5-15-4/h11,13-14H,5-10H2,1-4H3. The van der Waals surface area contributed by atoms with Gasteiger partial charge in [0.2, 0.25) is 0 Å². The third-order valence-corrected chi connectivity index (χ3v) is 2.75. The van der Waals surface area contributed by atoms with Crippen molar-refractivity contribution in [2.75, 3.05) is 47.2 Å². The van der Waals surface area contributed by atoms with E-state index >= 15 is 0 Å². The maximum Gasteiger partial charge on any atom is 0.0704 e. The number of rotatable bonds is 11. The van der Waals surface area contributed by atoms with E-state index < -0.39 is 0 Å². The van der Waals surface area contributed by atoms with Crippen LogP contribution in [-0.2, 0) is 14.2 Å². The highest BCUT2D eigenvalue weighted by Gasteiger charge is 2.23. The second-order valence-electron chi connectivity index (χ2n) is 4.46. The van der Waals surface area contributed by atoms with E-state index in [1.807, 2.05) is 20.9 Å². The van der Waals surface area contributed by atoms with Crippen molar-refractivity contribution in [3.05, 3.63) is 0 Å². The molecule has 17 heavy (non-hydrogen) atoms. The Bertz CT molecular complexity index is 174. The Morgan fingerprint density at radius 3 is 2.41 bits per heavy atom. The smallest absolute Gasteiger partial charge is 0.0704 e. The number of aliphatic hydroxyl groups is 1. The predicted molar refractivity (Wildman–Crippen MR) is 67.3 cm³/mol. The van der Waals surface area contributed by atoms with Gasteiger partial charge in [-0.15, -0.1) is 0 Å². The van der Waals surface area contributed by atoms with Gasteiger partial charge in [-0.05, 0) is 27.3 Å². The molecule has 0 aliphatic heterocycles. The van der Waals surface area contributed by atoms with Crippen molar-refractivity contribution in [2.45, 2.75) is 31.9 Å². The number of ether oxygens (including phenoxy) is 3. The third kappa shape index (κ3) is 8.51. The zero-order chi connectivity index (χ0) is 13.1. The van der Waals surface area contributed by atoms with Gasteiger partial charge in [-0.1, -0.05) is 0 Å². The second kappa shape index (κ2) is 9.79. The third-order valence-electron chi connectivity index (χ3n) is 2.75. The molecule has 104 valence electrons. The average molecular weight is 249 g/mol. The average Bonchev–Trinajstić information content (AvgIpc) is 2.33. The van der Waals surface area contributed by atoms with Gasteiger partial charge in [-0.25, -0.2) is 0 Å². The molecule has 0 saturated carbocycles. The molecule has 0 spiro atoms. The van der Waals surface area contributed by atoms with E-state index in [1.54, 1.807) is 7.11 Å². The fourth-order valence-electron chi connectivity index (χ4n) is 1.49. The van der Waals surface area contributed by atoms with Crippen LogP contribution in [0.5, 0.6) is 0 Å². The predicted octanol–water partition coefficient (Wildman–Crippen LogP) is 0.415. The first-order valence-electron chi connectivity index (χ1n) is 6.06. The molecule has 0 rings (SSSR count). The maximum absolute atomic E-state index is 9.25. The van der Waals surface area contributed by atoms with Crippen LogP contribution in [0, 0.1) is 0 Å². The number of methoxy groups -OCH3 is 1. The Morgan fingerprint density at radius 1 is 1.24 bits per heavy atom. The molecule has 5 nitrogen and oxygen atoms in total. The van der Waals surface area contributed by atoms with Crippen molar-refractivity contribution in [3.8, 4) is 0 Å². The number of hydrogen-bond donors (Lipinski definition) is 2. The lowest BCUT2D eigenvalue weighted by atomic mass is 9.96. The van der Waals surface area contributed by atoms with Gasteiger partial charge in [0.25, 0.3) is 0 Å². The summed E-state index contributed by atoms with van der Waals surface area (Å²) in [6.07, 6.45) is 0.851. The highest BCUT2D eigenvalue weighted by Crippen LogP contribution is 2.13. The molecule has 0 heterocycles. The monoisotopic (exact) mass is 249 g/mol. The first-order valence-corrected chi connectivity index (χ1v) is 6.06. The minimum absolute atomic E-state index is 0.0885. The van der Waals surface area contributed by atoms with Gasteiger partial charge in [-0.2, -0.15) is 0 Å². The lowest BCUT2D eigenvalue weighted by molar-refractivity contribution is -0.0145. The molecule has 0 amide bonds. The molecule has 0 aromatic carbocycles. The summed E-state index contributed by atoms with van der Waals surface area (Å²) in [4.78, 5) is 0. The second-order valence-corrected chi connectivity index (χ2v) is 4.46. The zero-order valence-electron chi connectivity index (χ0n) is 11.5. The van der Waals surface area contributed by atoms with Crippen LogP contribution in [-0.4, -0.2) is 63.9 Å². The Kier molecular flexibility index (Phi) is 9.68. The maximum atomic E-state index is 9.25. The largest absolute Gasteiger partial charge is 0.394 e. The Balaban J connectivity index is 3.55. The minimum atomic E-state index is -0.281. The van der Waals surface area contributed by atoms with Crippen LogP contribution < -0.4 is 5.32 Å². The Morgan fingerprint density at radius 2 is 1.88 bits per heavy atom. The van der Waals surface area contributed by atoms with Crippen LogP contribution >= 0.6 is 0 Å². The molecule has 2 atom stereocenters. The zero-order valence-corrected chi connectivity index (χ0v) is 11.5. The van der Waals surface area contributed by atoms with E-state index in [1.165, 1.54) is 0 Å². The van der Waals surface area contributed by atoms with Gasteiger partial charge >= 0.3 is 0 Å². The van der Waals surface area contributed by atoms with Crippen LogP contribution in [0.25, 0.3) is 0 Å². The van der Waals surface area contributed by atoms with Crippen molar-refractivity contribution < 1.29 is 19.3 Å². The highest BCUT2D eigenvalue weighted by atomic mass is 16.5. The topological polar surface area (TPSA) is 60.0 Å². The molecule has 0 aromatic rings. The number of hydrogen-bond acceptors (Lipinski definition) is 5. The van der Waals surface area contributed by atoms with E-state index in [0.29, 0.717) is 26.4 Å². The normalized spacial score (nSPS) is 16.8. The molecular formula is C12H27NO4. The van der Waals surface area contributed by atoms with E-state index in [0.717, 1.165) is 6.42 Å². The van der Waals surface area contributed by atoms with Gasteiger partial charge in [0.05, 0.1) is 39.1 Å². The summed E-state index contributed by atoms with van der Waals surface area (Å²) in [5.41, 5.74) is -0.281. The van der Waals surface area contributed by atoms with E-state index in [2.05, 4.69) is 5.32 Å². The Labute approximate surface area is 104 Å². The van der Waals surface area contributed by atoms with Crippen LogP contribution in [0.3, 0.4) is 0 Å². The molecule has 0 aromatic heterocycles. The summed E-state index contributed by atoms with van der Waals surface area (Å²) in [7, 11) is 3.49. The van der Waals surface area contributed by atoms with E-state index in [-0.39, 0.29) is 18.2 Å². The molecule has 0 bridgehead atoms. The van der Waals surface area contributed by atoms with E-state index in [9.17, 15) is 5.11 Å². The highest BCUT2D eigenvalue weighted by molar-refractivity contribution is 4.82. The quantitative estimate of drug-likeness (QED) is 0.520. The summed E-state index contributed by atoms with van der Waals surface area (Å²) in [6.45, 7) is 6.42. The molecule has 2 unspecified atom stereocenters. The number of aliphatic hydroxyl groups excluding tert-OH is 1. The summed E-state index contributed by atoms with van der Waals surface area (Å²) in [6, 6.07) is 0. The fraction of sp³-hybridized carbons (Fsp3) is 1.00. The summed E-state index contributed by atoms with van der Waals surface area (Å²) in [5, 5.41) is 12.3. The molecule has 2 N–H and O–H groups in total. The summed E-state index contributed by atoms with van der Waals surface area (Å²) >= 11 is 0. The molecule has 0 fully saturated rings. The SMILES string of the molecule is CNC(C)(CO)CC(C)OCCOCCOC. The number of likely N-dealkylation sites (N-methyl/N-ethyl adjacent to an activating group) is 1. The molecule has 5 heteroatoms. The van der Waals surface area contributed by atoms with Gasteiger partial charge in [0, 0.05) is 12.6 Å². The van der Waals surface area contributed by atoms with Gasteiger partial charge in [-0.3, -0.25) is 0 Å². The van der Waals surface area contributed by atoms with Crippen molar-refractivity contribution >= 4 is 0 Å². The van der Waals surface area contributed by atoms with Gasteiger partial charge in [0.1, 0.15) is 0 Å². The van der Waals surface area contributed by atoms with Crippen molar-refractivity contribution in [1.82, 2.24) is 5.32 Å². The Hall–Kier alpha value is -0.200. The van der Waals surface area contributed by atoms with Crippen LogP contribution in [0.1, 0.15) is 20.3 Å². The van der Waals surface area contributed by atoms with Crippen LogP contribution in [0.2, 0.25) is 0 Å². The van der Waals surface area contributed by atoms with Gasteiger partial charge in [0.15, 0.2) is 0 Å². The fourth-order valence-corrected chi connectivity index (χ4v) is 1.49. The van der Waals surface area contributed by atoms with Crippen molar-refractivity contribution in [2.24, 2.45) is 0 Å². The first-order chi connectivity index (χ1) is 8.08. The molecule has 0 aliphatic rings. The molecular weight excluding hydrogens is 222 g/mol. The lowest BCUT2D eigenvalue weighted by Gasteiger charge is -2.29.